The van der Waals surface area contributed by atoms with Gasteiger partial charge >= 0.3 is 5.97 Å². The van der Waals surface area contributed by atoms with Crippen molar-refractivity contribution in [3.8, 4) is 5.75 Å². The van der Waals surface area contributed by atoms with Gasteiger partial charge in [-0.15, -0.1) is 0 Å². The molecule has 1 aromatic carbocycles. The monoisotopic (exact) mass is 337 g/mol. The van der Waals surface area contributed by atoms with E-state index in [-0.39, 0.29) is 17.9 Å². The molecule has 0 radical (unpaired) electrons. The number of nitrogens with one attached hydrogen (secondary N) is 1. The highest BCUT2D eigenvalue weighted by Gasteiger charge is 2.15. The summed E-state index contributed by atoms with van der Waals surface area (Å²) >= 11 is 3.16. The van der Waals surface area contributed by atoms with Crippen LogP contribution in [0.25, 0.3) is 0 Å². The fraction of sp³-hybridized carbons (Fsp3) is 0.300. The molecule has 1 aromatic rings. The summed E-state index contributed by atoms with van der Waals surface area (Å²) in [5.74, 6) is -1.22. The Bertz CT molecular complexity index is 543. The molecule has 0 fully saturated rings. The van der Waals surface area contributed by atoms with Crippen LogP contribution in [0.5, 0.6) is 5.75 Å². The number of phenols is 1. The van der Waals surface area contributed by atoms with Crippen LogP contribution in [-0.2, 0) is 19.6 Å². The van der Waals surface area contributed by atoms with Gasteiger partial charge in [0.2, 0.25) is 10.0 Å². The third-order valence-corrected chi connectivity index (χ3v) is 3.79. The van der Waals surface area contributed by atoms with E-state index in [9.17, 15) is 18.3 Å². The Morgan fingerprint density at radius 2 is 2.17 bits per heavy atom. The minimum atomic E-state index is -3.71. The van der Waals surface area contributed by atoms with Crippen LogP contribution >= 0.6 is 15.9 Å². The van der Waals surface area contributed by atoms with E-state index >= 15 is 0 Å². The topological polar surface area (TPSA) is 92.7 Å². The average Bonchev–Trinajstić information content (AvgIpc) is 2.30. The number of benzene rings is 1. The van der Waals surface area contributed by atoms with Gasteiger partial charge in [0.15, 0.2) is 0 Å². The van der Waals surface area contributed by atoms with Gasteiger partial charge in [0.25, 0.3) is 0 Å². The lowest BCUT2D eigenvalue weighted by atomic mass is 10.3. The van der Waals surface area contributed by atoms with E-state index in [2.05, 4.69) is 25.4 Å². The molecule has 0 saturated carbocycles. The third-order valence-electron chi connectivity index (χ3n) is 2.03. The predicted octanol–water partition coefficient (Wildman–Crippen LogP) is 1.46. The normalized spacial score (nSPS) is 11.0. The zero-order valence-electron chi connectivity index (χ0n) is 9.51. The maximum atomic E-state index is 11.6. The van der Waals surface area contributed by atoms with Crippen molar-refractivity contribution in [1.29, 1.82) is 0 Å². The highest BCUT2D eigenvalue weighted by Crippen LogP contribution is 2.27. The second-order valence-electron chi connectivity index (χ2n) is 3.41. The van der Waals surface area contributed by atoms with E-state index in [1.807, 2.05) is 0 Å². The zero-order valence-corrected chi connectivity index (χ0v) is 11.9. The first kappa shape index (κ1) is 14.8. The van der Waals surface area contributed by atoms with Crippen molar-refractivity contribution < 1.29 is 23.1 Å². The molecular weight excluding hydrogens is 326 g/mol. The Hall–Kier alpha value is -1.28. The van der Waals surface area contributed by atoms with Crippen LogP contribution in [0.15, 0.2) is 22.7 Å². The summed E-state index contributed by atoms with van der Waals surface area (Å²) in [6, 6.07) is 4.34. The van der Waals surface area contributed by atoms with E-state index in [0.29, 0.717) is 4.47 Å². The number of carbonyl (C=O) groups excluding carboxylic acids is 1. The van der Waals surface area contributed by atoms with Gasteiger partial charge in [0.05, 0.1) is 25.0 Å². The second-order valence-corrected chi connectivity index (χ2v) is 6.17. The van der Waals surface area contributed by atoms with E-state index in [4.69, 9.17) is 0 Å². The number of ether oxygens (including phenoxy) is 1. The number of methoxy groups -OCH3 is 1. The smallest absolute Gasteiger partial charge is 0.306 e. The fourth-order valence-electron chi connectivity index (χ4n) is 1.13. The standard InChI is InChI=1S/C10H12BrNO5S/c1-17-10(14)4-5-18(15,16)12-8-6-7(11)2-3-9(8)13/h2-3,6,12-13H,4-5H2,1H3. The van der Waals surface area contributed by atoms with Crippen molar-refractivity contribution in [2.24, 2.45) is 0 Å². The molecule has 0 aliphatic carbocycles. The maximum absolute atomic E-state index is 11.6. The molecule has 18 heavy (non-hydrogen) atoms. The molecule has 0 amide bonds. The number of anilines is 1. The van der Waals surface area contributed by atoms with Gasteiger partial charge in [-0.2, -0.15) is 0 Å². The molecule has 8 heteroatoms. The molecule has 0 heterocycles. The first-order valence-electron chi connectivity index (χ1n) is 4.90. The van der Waals surface area contributed by atoms with Gasteiger partial charge < -0.3 is 9.84 Å². The lowest BCUT2D eigenvalue weighted by Gasteiger charge is -2.09. The summed E-state index contributed by atoms with van der Waals surface area (Å²) in [7, 11) is -2.53. The molecule has 0 saturated heterocycles. The maximum Gasteiger partial charge on any atom is 0.306 e. The van der Waals surface area contributed by atoms with Crippen molar-refractivity contribution in [3.63, 3.8) is 0 Å². The minimum absolute atomic E-state index is 0.0502. The summed E-state index contributed by atoms with van der Waals surface area (Å²) in [6.45, 7) is 0. The molecule has 0 spiro atoms. The summed E-state index contributed by atoms with van der Waals surface area (Å²) in [5, 5.41) is 9.48. The van der Waals surface area contributed by atoms with Gasteiger partial charge in [-0.25, -0.2) is 8.42 Å². The summed E-state index contributed by atoms with van der Waals surface area (Å²) in [6.07, 6.45) is -0.249. The van der Waals surface area contributed by atoms with Crippen LogP contribution in [0.3, 0.4) is 0 Å². The first-order chi connectivity index (χ1) is 8.34. The number of sulfonamides is 1. The van der Waals surface area contributed by atoms with Gasteiger partial charge in [0.1, 0.15) is 5.75 Å². The number of rotatable bonds is 5. The van der Waals surface area contributed by atoms with E-state index in [0.717, 1.165) is 0 Å². The van der Waals surface area contributed by atoms with Gasteiger partial charge in [0, 0.05) is 4.47 Å². The third kappa shape index (κ3) is 4.53. The first-order valence-corrected chi connectivity index (χ1v) is 7.34. The number of esters is 1. The van der Waals surface area contributed by atoms with Crippen molar-refractivity contribution >= 4 is 37.6 Å². The number of phenolic OH excluding ortho intramolecular Hbond substituents is 1. The molecule has 0 aromatic heterocycles. The van der Waals surface area contributed by atoms with Crippen LogP contribution in [-0.4, -0.2) is 32.4 Å². The molecule has 1 rings (SSSR count). The molecule has 100 valence electrons. The highest BCUT2D eigenvalue weighted by atomic mass is 79.9. The lowest BCUT2D eigenvalue weighted by Crippen LogP contribution is -2.19. The number of hydrogen-bond donors (Lipinski definition) is 2. The van der Waals surface area contributed by atoms with Gasteiger partial charge in [-0.3, -0.25) is 9.52 Å². The number of halogens is 1. The van der Waals surface area contributed by atoms with Crippen molar-refractivity contribution in [3.05, 3.63) is 22.7 Å². The minimum Gasteiger partial charge on any atom is -0.506 e. The largest absolute Gasteiger partial charge is 0.506 e. The molecule has 0 aliphatic rings. The summed E-state index contributed by atoms with van der Waals surface area (Å²) in [4.78, 5) is 10.9. The van der Waals surface area contributed by atoms with E-state index in [1.165, 1.54) is 19.2 Å². The van der Waals surface area contributed by atoms with Crippen LogP contribution < -0.4 is 4.72 Å². The van der Waals surface area contributed by atoms with Crippen LogP contribution in [0.1, 0.15) is 6.42 Å². The Morgan fingerprint density at radius 3 is 2.78 bits per heavy atom. The van der Waals surface area contributed by atoms with E-state index < -0.39 is 21.7 Å². The quantitative estimate of drug-likeness (QED) is 0.626. The Kier molecular flexibility index (Phi) is 4.97. The Labute approximate surface area is 113 Å². The number of hydrogen-bond acceptors (Lipinski definition) is 5. The Balaban J connectivity index is 2.76. The number of carbonyl (C=O) groups is 1. The van der Waals surface area contributed by atoms with Crippen LogP contribution in [0.2, 0.25) is 0 Å². The molecular formula is C10H12BrNO5S. The molecule has 0 bridgehead atoms. The molecule has 0 aliphatic heterocycles. The number of aromatic hydroxyl groups is 1. The van der Waals surface area contributed by atoms with Gasteiger partial charge in [-0.1, -0.05) is 15.9 Å². The predicted molar refractivity (Wildman–Crippen MR) is 69.8 cm³/mol. The molecule has 2 N–H and O–H groups in total. The van der Waals surface area contributed by atoms with Crippen molar-refractivity contribution in [2.45, 2.75) is 6.42 Å². The molecule has 0 unspecified atom stereocenters. The van der Waals surface area contributed by atoms with E-state index in [1.54, 1.807) is 6.07 Å². The SMILES string of the molecule is COC(=O)CCS(=O)(=O)Nc1cc(Br)ccc1O. The summed E-state index contributed by atoms with van der Waals surface area (Å²) in [5.41, 5.74) is 0.0502. The van der Waals surface area contributed by atoms with Crippen LogP contribution in [0, 0.1) is 0 Å². The zero-order chi connectivity index (χ0) is 13.8. The van der Waals surface area contributed by atoms with Crippen molar-refractivity contribution in [2.75, 3.05) is 17.6 Å². The average molecular weight is 338 g/mol. The summed E-state index contributed by atoms with van der Waals surface area (Å²) < 4.78 is 30.4. The fourth-order valence-corrected chi connectivity index (χ4v) is 2.53. The Morgan fingerprint density at radius 1 is 1.50 bits per heavy atom. The second kappa shape index (κ2) is 6.05. The van der Waals surface area contributed by atoms with Crippen LogP contribution in [0.4, 0.5) is 5.69 Å². The lowest BCUT2D eigenvalue weighted by molar-refractivity contribution is -0.140. The van der Waals surface area contributed by atoms with Gasteiger partial charge in [-0.05, 0) is 18.2 Å². The van der Waals surface area contributed by atoms with Crippen molar-refractivity contribution in [1.82, 2.24) is 0 Å². The highest BCUT2D eigenvalue weighted by molar-refractivity contribution is 9.10. The molecule has 0 atom stereocenters. The molecule has 6 nitrogen and oxygen atoms in total.